The predicted molar refractivity (Wildman–Crippen MR) is 60.2 cm³/mol. The number of nitriles is 1. The number of benzene rings is 1. The Balaban J connectivity index is 3.30. The molecule has 0 atom stereocenters. The van der Waals surface area contributed by atoms with Crippen molar-refractivity contribution in [2.24, 2.45) is 5.73 Å². The van der Waals surface area contributed by atoms with Crippen molar-refractivity contribution in [2.45, 2.75) is 13.8 Å². The van der Waals surface area contributed by atoms with E-state index < -0.39 is 4.92 Å². The molecule has 1 aromatic rings. The van der Waals surface area contributed by atoms with Crippen LogP contribution in [-0.2, 0) is 0 Å². The highest BCUT2D eigenvalue weighted by molar-refractivity contribution is 5.71. The van der Waals surface area contributed by atoms with Gasteiger partial charge < -0.3 is 5.73 Å². The van der Waals surface area contributed by atoms with E-state index in [0.29, 0.717) is 22.4 Å². The van der Waals surface area contributed by atoms with Gasteiger partial charge in [0.05, 0.1) is 16.7 Å². The molecule has 1 aromatic carbocycles. The molecule has 5 heteroatoms. The summed E-state index contributed by atoms with van der Waals surface area (Å²) in [6, 6.07) is 6.32. The number of nitro benzene ring substituents is 1. The van der Waals surface area contributed by atoms with Crippen LogP contribution in [0.5, 0.6) is 0 Å². The predicted octanol–water partition coefficient (Wildman–Crippen LogP) is 2.12. The first-order chi connectivity index (χ1) is 7.47. The first kappa shape index (κ1) is 11.7. The Morgan fingerprint density at radius 2 is 2.19 bits per heavy atom. The number of hydrogen-bond donors (Lipinski definition) is 1. The molecule has 0 fully saturated rings. The zero-order chi connectivity index (χ0) is 12.3. The summed E-state index contributed by atoms with van der Waals surface area (Å²) in [6.45, 7) is 3.33. The highest BCUT2D eigenvalue weighted by Gasteiger charge is 2.10. The number of nitrogens with two attached hydrogens (primary N) is 1. The Bertz CT molecular complexity index is 512. The maximum Gasteiger partial charge on any atom is 0.269 e. The summed E-state index contributed by atoms with van der Waals surface area (Å²) in [5, 5.41) is 19.2. The summed E-state index contributed by atoms with van der Waals surface area (Å²) >= 11 is 0. The van der Waals surface area contributed by atoms with E-state index in [-0.39, 0.29) is 5.69 Å². The number of aryl methyl sites for hydroxylation is 1. The molecule has 82 valence electrons. The monoisotopic (exact) mass is 217 g/mol. The van der Waals surface area contributed by atoms with Gasteiger partial charge in [-0.3, -0.25) is 10.1 Å². The normalized spacial score (nSPS) is 11.6. The molecule has 0 aliphatic heterocycles. The second-order valence-corrected chi connectivity index (χ2v) is 3.41. The van der Waals surface area contributed by atoms with E-state index >= 15 is 0 Å². The minimum Gasteiger partial charge on any atom is -0.397 e. The summed E-state index contributed by atoms with van der Waals surface area (Å²) in [5.41, 5.74) is 7.88. The minimum absolute atomic E-state index is 0.0173. The van der Waals surface area contributed by atoms with Gasteiger partial charge in [-0.2, -0.15) is 5.26 Å². The largest absolute Gasteiger partial charge is 0.397 e. The molecule has 2 N–H and O–H groups in total. The summed E-state index contributed by atoms with van der Waals surface area (Å²) in [7, 11) is 0. The van der Waals surface area contributed by atoms with Gasteiger partial charge in [0.1, 0.15) is 0 Å². The van der Waals surface area contributed by atoms with Crippen molar-refractivity contribution in [2.75, 3.05) is 0 Å². The van der Waals surface area contributed by atoms with Crippen molar-refractivity contribution in [3.8, 4) is 6.07 Å². The van der Waals surface area contributed by atoms with Gasteiger partial charge >= 0.3 is 0 Å². The number of allylic oxidation sites excluding steroid dienone is 1. The third-order valence-corrected chi connectivity index (χ3v) is 2.28. The SMILES string of the molecule is C/C(C#N)=C(/N)c1ccc([N+](=O)[O-])cc1C. The van der Waals surface area contributed by atoms with E-state index in [4.69, 9.17) is 11.0 Å². The molecule has 0 spiro atoms. The first-order valence-corrected chi connectivity index (χ1v) is 4.59. The standard InChI is InChI=1S/C11H11N3O2/c1-7-5-9(14(15)16)3-4-10(7)11(13)8(2)6-12/h3-5H,13H2,1-2H3/b11-8-. The van der Waals surface area contributed by atoms with E-state index in [1.54, 1.807) is 19.9 Å². The average Bonchev–Trinajstić information content (AvgIpc) is 2.26. The lowest BCUT2D eigenvalue weighted by atomic mass is 10.0. The van der Waals surface area contributed by atoms with Gasteiger partial charge in [-0.05, 0) is 25.5 Å². The number of nitrogens with zero attached hydrogens (tertiary/aromatic N) is 2. The third-order valence-electron chi connectivity index (χ3n) is 2.28. The summed E-state index contributed by atoms with van der Waals surface area (Å²) in [4.78, 5) is 10.1. The molecule has 0 unspecified atom stereocenters. The summed E-state index contributed by atoms with van der Waals surface area (Å²) in [5.74, 6) is 0. The van der Waals surface area contributed by atoms with Crippen LogP contribution in [0.1, 0.15) is 18.1 Å². The van der Waals surface area contributed by atoms with Gasteiger partial charge in [-0.1, -0.05) is 0 Å². The van der Waals surface area contributed by atoms with Crippen molar-refractivity contribution in [1.29, 1.82) is 5.26 Å². The van der Waals surface area contributed by atoms with Crippen molar-refractivity contribution in [3.05, 3.63) is 45.0 Å². The molecule has 0 saturated heterocycles. The van der Waals surface area contributed by atoms with Crippen molar-refractivity contribution >= 4 is 11.4 Å². The van der Waals surface area contributed by atoms with E-state index in [1.807, 2.05) is 6.07 Å². The fraction of sp³-hybridized carbons (Fsp3) is 0.182. The van der Waals surface area contributed by atoms with Crippen LogP contribution in [0.25, 0.3) is 5.70 Å². The molecule has 0 aromatic heterocycles. The van der Waals surface area contributed by atoms with Gasteiger partial charge in [0.15, 0.2) is 0 Å². The molecular weight excluding hydrogens is 206 g/mol. The summed E-state index contributed by atoms with van der Waals surface area (Å²) < 4.78 is 0. The lowest BCUT2D eigenvalue weighted by Crippen LogP contribution is -2.02. The Hall–Kier alpha value is -2.35. The number of non-ortho nitro benzene ring substituents is 1. The maximum atomic E-state index is 10.5. The quantitative estimate of drug-likeness (QED) is 0.466. The molecule has 0 amide bonds. The zero-order valence-electron chi connectivity index (χ0n) is 9.02. The number of rotatable bonds is 2. The van der Waals surface area contributed by atoms with Crippen LogP contribution >= 0.6 is 0 Å². The zero-order valence-corrected chi connectivity index (χ0v) is 9.02. The highest BCUT2D eigenvalue weighted by Crippen LogP contribution is 2.22. The Morgan fingerprint density at radius 3 is 2.62 bits per heavy atom. The smallest absolute Gasteiger partial charge is 0.269 e. The minimum atomic E-state index is -0.464. The Labute approximate surface area is 93.0 Å². The van der Waals surface area contributed by atoms with Gasteiger partial charge in [0.25, 0.3) is 5.69 Å². The number of hydrogen-bond acceptors (Lipinski definition) is 4. The highest BCUT2D eigenvalue weighted by atomic mass is 16.6. The van der Waals surface area contributed by atoms with Crippen LogP contribution in [0.3, 0.4) is 0 Å². The molecule has 1 rings (SSSR count). The second-order valence-electron chi connectivity index (χ2n) is 3.41. The second kappa shape index (κ2) is 4.45. The van der Waals surface area contributed by atoms with Crippen LogP contribution < -0.4 is 5.73 Å². The first-order valence-electron chi connectivity index (χ1n) is 4.59. The molecule has 0 aliphatic rings. The number of nitro groups is 1. The fourth-order valence-electron chi connectivity index (χ4n) is 1.33. The van der Waals surface area contributed by atoms with Gasteiger partial charge in [0.2, 0.25) is 0 Å². The van der Waals surface area contributed by atoms with Crippen molar-refractivity contribution in [3.63, 3.8) is 0 Å². The maximum absolute atomic E-state index is 10.5. The van der Waals surface area contributed by atoms with E-state index in [2.05, 4.69) is 0 Å². The Morgan fingerprint density at radius 1 is 1.56 bits per heavy atom. The van der Waals surface area contributed by atoms with Crippen LogP contribution in [-0.4, -0.2) is 4.92 Å². The van der Waals surface area contributed by atoms with Gasteiger partial charge in [-0.25, -0.2) is 0 Å². The molecule has 0 saturated carbocycles. The molecule has 0 radical (unpaired) electrons. The molecule has 16 heavy (non-hydrogen) atoms. The van der Waals surface area contributed by atoms with E-state index in [1.165, 1.54) is 12.1 Å². The van der Waals surface area contributed by atoms with Crippen LogP contribution in [0, 0.1) is 28.4 Å². The van der Waals surface area contributed by atoms with Crippen molar-refractivity contribution < 1.29 is 4.92 Å². The molecule has 5 nitrogen and oxygen atoms in total. The lowest BCUT2D eigenvalue weighted by molar-refractivity contribution is -0.384. The lowest BCUT2D eigenvalue weighted by Gasteiger charge is -2.06. The Kier molecular flexibility index (Phi) is 3.26. The van der Waals surface area contributed by atoms with Gasteiger partial charge in [-0.15, -0.1) is 0 Å². The molecule has 0 bridgehead atoms. The topological polar surface area (TPSA) is 93.0 Å². The molecule has 0 heterocycles. The molecular formula is C11H11N3O2. The third kappa shape index (κ3) is 2.17. The molecule has 0 aliphatic carbocycles. The van der Waals surface area contributed by atoms with Crippen LogP contribution in [0.15, 0.2) is 23.8 Å². The van der Waals surface area contributed by atoms with E-state index in [0.717, 1.165) is 0 Å². The van der Waals surface area contributed by atoms with Crippen LogP contribution in [0.4, 0.5) is 5.69 Å². The van der Waals surface area contributed by atoms with Crippen LogP contribution in [0.2, 0.25) is 0 Å². The van der Waals surface area contributed by atoms with Gasteiger partial charge in [0, 0.05) is 23.3 Å². The fourth-order valence-corrected chi connectivity index (χ4v) is 1.33. The summed E-state index contributed by atoms with van der Waals surface area (Å²) in [6.07, 6.45) is 0. The average molecular weight is 217 g/mol. The van der Waals surface area contributed by atoms with E-state index in [9.17, 15) is 10.1 Å². The van der Waals surface area contributed by atoms with Crippen molar-refractivity contribution in [1.82, 2.24) is 0 Å².